The van der Waals surface area contributed by atoms with Gasteiger partial charge in [-0.25, -0.2) is 0 Å². The number of pyridine rings is 1. The Kier molecular flexibility index (Phi) is 11.5. The molecule has 3 aromatic carbocycles. The number of hydrogen-bond acceptors (Lipinski definition) is 7. The topological polar surface area (TPSA) is 98.8 Å². The summed E-state index contributed by atoms with van der Waals surface area (Å²) in [6.45, 7) is 7.94. The molecule has 1 aromatic heterocycles. The summed E-state index contributed by atoms with van der Waals surface area (Å²) in [5.41, 5.74) is 3.82. The standard InChI is InChI=1S/C39H43F3N6O3/c1-27-6-2-3-16-48(27)33-11-12-35(46-38(50)29-8-5-10-32(23-29)43-15-17-47-18-20-51-21-19-47)34(25-33)36-24-30(13-14-44-36)37(49)45-26-28-7-4-9-31(22-28)39(40,41)42/h4-5,7-14,22-25,27,43H,2-3,6,15-21,26H2,1H3,(H,45,49)(H,46,50). The number of nitrogens with zero attached hydrogens (tertiary/aromatic N) is 3. The summed E-state index contributed by atoms with van der Waals surface area (Å²) in [6.07, 6.45) is 0.358. The van der Waals surface area contributed by atoms with Crippen LogP contribution in [0.3, 0.4) is 0 Å². The number of rotatable bonds is 11. The molecule has 12 heteroatoms. The molecule has 51 heavy (non-hydrogen) atoms. The molecule has 3 heterocycles. The van der Waals surface area contributed by atoms with Crippen molar-refractivity contribution in [3.05, 3.63) is 107 Å². The van der Waals surface area contributed by atoms with Gasteiger partial charge in [0.05, 0.1) is 30.2 Å². The van der Waals surface area contributed by atoms with E-state index in [9.17, 15) is 22.8 Å². The Labute approximate surface area is 296 Å². The zero-order valence-electron chi connectivity index (χ0n) is 28.6. The van der Waals surface area contributed by atoms with Gasteiger partial charge in [-0.3, -0.25) is 19.5 Å². The number of aromatic nitrogens is 1. The van der Waals surface area contributed by atoms with Gasteiger partial charge in [-0.2, -0.15) is 13.2 Å². The van der Waals surface area contributed by atoms with E-state index in [4.69, 9.17) is 4.74 Å². The number of ether oxygens (including phenoxy) is 1. The van der Waals surface area contributed by atoms with Crippen LogP contribution in [0.5, 0.6) is 0 Å². The molecule has 0 aliphatic carbocycles. The predicted octanol–water partition coefficient (Wildman–Crippen LogP) is 7.07. The monoisotopic (exact) mass is 700 g/mol. The van der Waals surface area contributed by atoms with E-state index in [-0.39, 0.29) is 18.0 Å². The Balaban J connectivity index is 1.21. The number of anilines is 3. The molecule has 2 aliphatic rings. The van der Waals surface area contributed by atoms with Crippen molar-refractivity contribution in [3.63, 3.8) is 0 Å². The minimum Gasteiger partial charge on any atom is -0.384 e. The molecule has 268 valence electrons. The van der Waals surface area contributed by atoms with Crippen molar-refractivity contribution >= 4 is 28.9 Å². The number of benzene rings is 3. The number of piperidine rings is 1. The molecule has 4 aromatic rings. The van der Waals surface area contributed by atoms with Crippen LogP contribution in [-0.4, -0.2) is 73.7 Å². The first-order valence-corrected chi connectivity index (χ1v) is 17.4. The first-order chi connectivity index (χ1) is 24.6. The van der Waals surface area contributed by atoms with Crippen LogP contribution >= 0.6 is 0 Å². The molecule has 9 nitrogen and oxygen atoms in total. The van der Waals surface area contributed by atoms with E-state index in [0.29, 0.717) is 34.1 Å². The fraction of sp³-hybridized carbons (Fsp3) is 0.359. The minimum absolute atomic E-state index is 0.0782. The lowest BCUT2D eigenvalue weighted by Gasteiger charge is -2.35. The zero-order chi connectivity index (χ0) is 35.8. The molecular formula is C39H43F3N6O3. The number of morpholine rings is 1. The predicted molar refractivity (Wildman–Crippen MR) is 193 cm³/mol. The first kappa shape index (κ1) is 35.9. The van der Waals surface area contributed by atoms with Gasteiger partial charge in [0.15, 0.2) is 0 Å². The Morgan fingerprint density at radius 2 is 1.71 bits per heavy atom. The van der Waals surface area contributed by atoms with E-state index >= 15 is 0 Å². The molecule has 2 saturated heterocycles. The summed E-state index contributed by atoms with van der Waals surface area (Å²) >= 11 is 0. The maximum absolute atomic E-state index is 13.7. The highest BCUT2D eigenvalue weighted by molar-refractivity contribution is 6.07. The van der Waals surface area contributed by atoms with Crippen molar-refractivity contribution in [2.45, 2.75) is 44.9 Å². The molecule has 2 aliphatic heterocycles. The van der Waals surface area contributed by atoms with E-state index in [2.05, 4.69) is 37.7 Å². The molecule has 1 atom stereocenters. The molecule has 0 radical (unpaired) electrons. The maximum atomic E-state index is 13.7. The van der Waals surface area contributed by atoms with Crippen molar-refractivity contribution in [1.29, 1.82) is 0 Å². The van der Waals surface area contributed by atoms with Crippen LogP contribution in [0.25, 0.3) is 11.3 Å². The smallest absolute Gasteiger partial charge is 0.384 e. The van der Waals surface area contributed by atoms with Gasteiger partial charge in [-0.1, -0.05) is 18.2 Å². The van der Waals surface area contributed by atoms with Crippen LogP contribution < -0.4 is 20.9 Å². The lowest BCUT2D eigenvalue weighted by Crippen LogP contribution is -2.39. The zero-order valence-corrected chi connectivity index (χ0v) is 28.6. The summed E-state index contributed by atoms with van der Waals surface area (Å²) in [4.78, 5) is 36.2. The Morgan fingerprint density at radius 1 is 0.902 bits per heavy atom. The van der Waals surface area contributed by atoms with Crippen LogP contribution in [0.4, 0.5) is 30.2 Å². The second-order valence-electron chi connectivity index (χ2n) is 13.0. The SMILES string of the molecule is CC1CCCCN1c1ccc(NC(=O)c2cccc(NCCN3CCOCC3)c2)c(-c2cc(C(=O)NCc3cccc(C(F)(F)F)c3)ccn2)c1. The number of amides is 2. The lowest BCUT2D eigenvalue weighted by atomic mass is 10.00. The van der Waals surface area contributed by atoms with Gasteiger partial charge < -0.3 is 25.6 Å². The van der Waals surface area contributed by atoms with E-state index in [0.717, 1.165) is 82.3 Å². The van der Waals surface area contributed by atoms with Gasteiger partial charge in [0.25, 0.3) is 11.8 Å². The van der Waals surface area contributed by atoms with Crippen LogP contribution in [0.15, 0.2) is 85.1 Å². The Bertz CT molecular complexity index is 1830. The Morgan fingerprint density at radius 3 is 2.51 bits per heavy atom. The number of alkyl halides is 3. The van der Waals surface area contributed by atoms with Crippen LogP contribution in [0.1, 0.15) is 58.0 Å². The Hall–Kier alpha value is -4.94. The van der Waals surface area contributed by atoms with E-state index < -0.39 is 17.6 Å². The van der Waals surface area contributed by atoms with Crippen molar-refractivity contribution in [1.82, 2.24) is 15.2 Å². The normalized spacial score (nSPS) is 16.8. The molecule has 0 bridgehead atoms. The summed E-state index contributed by atoms with van der Waals surface area (Å²) in [6, 6.07) is 21.6. The quantitative estimate of drug-likeness (QED) is 0.154. The lowest BCUT2D eigenvalue weighted by molar-refractivity contribution is -0.137. The van der Waals surface area contributed by atoms with Gasteiger partial charge in [-0.05, 0) is 92.4 Å². The van der Waals surface area contributed by atoms with E-state index in [1.54, 1.807) is 18.2 Å². The van der Waals surface area contributed by atoms with Gasteiger partial charge in [0.2, 0.25) is 0 Å². The third-order valence-corrected chi connectivity index (χ3v) is 9.38. The summed E-state index contributed by atoms with van der Waals surface area (Å²) < 4.78 is 45.0. The molecule has 6 rings (SSSR count). The minimum atomic E-state index is -4.48. The van der Waals surface area contributed by atoms with E-state index in [1.165, 1.54) is 24.8 Å². The van der Waals surface area contributed by atoms with Crippen molar-refractivity contribution in [2.75, 3.05) is 61.5 Å². The molecule has 2 fully saturated rings. The van der Waals surface area contributed by atoms with Crippen LogP contribution in [0.2, 0.25) is 0 Å². The van der Waals surface area contributed by atoms with Crippen molar-refractivity contribution < 1.29 is 27.5 Å². The maximum Gasteiger partial charge on any atom is 0.416 e. The highest BCUT2D eigenvalue weighted by Crippen LogP contribution is 2.35. The highest BCUT2D eigenvalue weighted by atomic mass is 19.4. The molecule has 1 unspecified atom stereocenters. The number of carbonyl (C=O) groups is 2. The third-order valence-electron chi connectivity index (χ3n) is 9.38. The number of carbonyl (C=O) groups excluding carboxylic acids is 2. The fourth-order valence-electron chi connectivity index (χ4n) is 6.52. The van der Waals surface area contributed by atoms with Crippen molar-refractivity contribution in [3.8, 4) is 11.3 Å². The second-order valence-corrected chi connectivity index (χ2v) is 13.0. The summed E-state index contributed by atoms with van der Waals surface area (Å²) in [7, 11) is 0. The number of halogens is 3. The fourth-order valence-corrected chi connectivity index (χ4v) is 6.52. The van der Waals surface area contributed by atoms with Crippen LogP contribution in [-0.2, 0) is 17.5 Å². The molecule has 2 amide bonds. The second kappa shape index (κ2) is 16.4. The average molecular weight is 701 g/mol. The van der Waals surface area contributed by atoms with Gasteiger partial charge in [0, 0.05) is 79.6 Å². The highest BCUT2D eigenvalue weighted by Gasteiger charge is 2.30. The van der Waals surface area contributed by atoms with Gasteiger partial charge in [-0.15, -0.1) is 0 Å². The first-order valence-electron chi connectivity index (χ1n) is 17.4. The van der Waals surface area contributed by atoms with Crippen molar-refractivity contribution in [2.24, 2.45) is 0 Å². The molecule has 0 saturated carbocycles. The van der Waals surface area contributed by atoms with E-state index in [1.807, 2.05) is 36.4 Å². The summed E-state index contributed by atoms with van der Waals surface area (Å²) in [5, 5.41) is 9.21. The largest absolute Gasteiger partial charge is 0.416 e. The van der Waals surface area contributed by atoms with Crippen LogP contribution in [0, 0.1) is 0 Å². The summed E-state index contributed by atoms with van der Waals surface area (Å²) in [5.74, 6) is -0.748. The van der Waals surface area contributed by atoms with Gasteiger partial charge in [0.1, 0.15) is 0 Å². The van der Waals surface area contributed by atoms with Gasteiger partial charge >= 0.3 is 6.18 Å². The average Bonchev–Trinajstić information content (AvgIpc) is 3.14. The third kappa shape index (κ3) is 9.44. The number of nitrogens with one attached hydrogen (secondary N) is 3. The molecule has 3 N–H and O–H groups in total. The molecule has 0 spiro atoms. The number of hydrogen-bond donors (Lipinski definition) is 3. The molecular weight excluding hydrogens is 657 g/mol.